The third kappa shape index (κ3) is 2.43. The van der Waals surface area contributed by atoms with Crippen LogP contribution in [0.1, 0.15) is 24.4 Å². The largest absolute Gasteiger partial charge is 0.322 e. The molecular weight excluding hydrogens is 284 g/mol. The van der Waals surface area contributed by atoms with E-state index in [2.05, 4.69) is 26.0 Å². The van der Waals surface area contributed by atoms with E-state index in [9.17, 15) is 9.59 Å². The molecule has 1 aromatic heterocycles. The molecule has 112 valence electrons. The van der Waals surface area contributed by atoms with Crippen LogP contribution in [0.2, 0.25) is 0 Å². The minimum Gasteiger partial charge on any atom is -0.322 e. The van der Waals surface area contributed by atoms with Crippen molar-refractivity contribution < 1.29 is 9.59 Å². The lowest BCUT2D eigenvalue weighted by molar-refractivity contribution is -0.120. The van der Waals surface area contributed by atoms with Crippen LogP contribution in [0, 0.1) is 5.92 Å². The van der Waals surface area contributed by atoms with Crippen molar-refractivity contribution in [2.45, 2.75) is 25.4 Å². The lowest BCUT2D eigenvalue weighted by Gasteiger charge is -2.07. The molecule has 0 radical (unpaired) electrons. The van der Waals surface area contributed by atoms with Crippen LogP contribution in [0.25, 0.3) is 11.4 Å². The highest BCUT2D eigenvalue weighted by atomic mass is 16.2. The molecule has 2 heterocycles. The van der Waals surface area contributed by atoms with E-state index in [0.717, 1.165) is 17.7 Å². The average Bonchev–Trinajstić information content (AvgIpc) is 3.08. The van der Waals surface area contributed by atoms with Crippen LogP contribution in [-0.4, -0.2) is 32.1 Å². The Hall–Kier alpha value is -2.77. The molecule has 2 fully saturated rings. The molecule has 0 bridgehead atoms. The normalized spacial score (nSPS) is 20.8. The molecule has 1 aliphatic carbocycles. The zero-order chi connectivity index (χ0) is 15.1. The molecule has 8 heteroatoms. The van der Waals surface area contributed by atoms with Crippen LogP contribution in [0.15, 0.2) is 24.3 Å². The third-order valence-corrected chi connectivity index (χ3v) is 3.85. The first-order valence-electron chi connectivity index (χ1n) is 7.18. The predicted octanol–water partition coefficient (Wildman–Crippen LogP) is 0.631. The molecule has 1 unspecified atom stereocenters. The summed E-state index contributed by atoms with van der Waals surface area (Å²) in [7, 11) is 0. The number of carbonyl (C=O) groups excluding carboxylic acids is 2. The SMILES string of the molecule is O=C1NC(=O)C(c2ccc(-c3nnn(CC4CC4)n3)cc2)N1. The number of aromatic nitrogens is 4. The Balaban J connectivity index is 1.52. The van der Waals surface area contributed by atoms with Crippen LogP contribution in [0.3, 0.4) is 0 Å². The Labute approximate surface area is 125 Å². The topological polar surface area (TPSA) is 102 Å². The summed E-state index contributed by atoms with van der Waals surface area (Å²) in [5.41, 5.74) is 1.55. The van der Waals surface area contributed by atoms with Crippen molar-refractivity contribution >= 4 is 11.9 Å². The van der Waals surface area contributed by atoms with Gasteiger partial charge < -0.3 is 5.32 Å². The van der Waals surface area contributed by atoms with Crippen molar-refractivity contribution in [3.63, 3.8) is 0 Å². The Morgan fingerprint density at radius 3 is 2.59 bits per heavy atom. The Bertz CT molecular complexity index is 734. The van der Waals surface area contributed by atoms with Gasteiger partial charge in [0.2, 0.25) is 5.82 Å². The van der Waals surface area contributed by atoms with Gasteiger partial charge in [-0.1, -0.05) is 24.3 Å². The summed E-state index contributed by atoms with van der Waals surface area (Å²) in [5.74, 6) is 0.910. The van der Waals surface area contributed by atoms with Gasteiger partial charge in [0.25, 0.3) is 5.91 Å². The van der Waals surface area contributed by atoms with E-state index >= 15 is 0 Å². The van der Waals surface area contributed by atoms with Gasteiger partial charge in [-0.3, -0.25) is 10.1 Å². The number of amides is 3. The second kappa shape index (κ2) is 4.90. The van der Waals surface area contributed by atoms with Crippen LogP contribution < -0.4 is 10.6 Å². The second-order valence-electron chi connectivity index (χ2n) is 5.63. The van der Waals surface area contributed by atoms with Crippen molar-refractivity contribution in [3.8, 4) is 11.4 Å². The molecule has 1 aromatic carbocycles. The Kier molecular flexibility index (Phi) is 2.88. The molecule has 2 N–H and O–H groups in total. The minimum atomic E-state index is -0.639. The van der Waals surface area contributed by atoms with Gasteiger partial charge in [-0.2, -0.15) is 4.80 Å². The fraction of sp³-hybridized carbons (Fsp3) is 0.357. The van der Waals surface area contributed by atoms with E-state index in [0.29, 0.717) is 11.7 Å². The van der Waals surface area contributed by atoms with E-state index in [1.165, 1.54) is 12.8 Å². The van der Waals surface area contributed by atoms with Crippen molar-refractivity contribution in [1.29, 1.82) is 0 Å². The van der Waals surface area contributed by atoms with E-state index < -0.39 is 12.1 Å². The van der Waals surface area contributed by atoms with Gasteiger partial charge in [0.15, 0.2) is 0 Å². The maximum atomic E-state index is 11.6. The molecule has 3 amide bonds. The smallest absolute Gasteiger partial charge is 0.322 e. The Morgan fingerprint density at radius 2 is 1.95 bits per heavy atom. The number of nitrogens with zero attached hydrogens (tertiary/aromatic N) is 4. The van der Waals surface area contributed by atoms with Crippen molar-refractivity contribution in [2.75, 3.05) is 0 Å². The molecule has 0 spiro atoms. The summed E-state index contributed by atoms with van der Waals surface area (Å²) in [4.78, 5) is 24.4. The number of tetrazole rings is 1. The van der Waals surface area contributed by atoms with E-state index in [1.807, 2.05) is 12.1 Å². The zero-order valence-electron chi connectivity index (χ0n) is 11.7. The summed E-state index contributed by atoms with van der Waals surface area (Å²) >= 11 is 0. The van der Waals surface area contributed by atoms with Gasteiger partial charge in [0.05, 0.1) is 6.54 Å². The number of urea groups is 1. The standard InChI is InChI=1S/C14H14N6O2/c21-13-11(15-14(22)16-13)9-3-5-10(6-4-9)12-17-19-20(18-12)7-8-1-2-8/h3-6,8,11H,1-2,7H2,(H2,15,16,21,22). The summed E-state index contributed by atoms with van der Waals surface area (Å²) in [5, 5.41) is 17.2. The molecule has 2 aliphatic rings. The number of nitrogens with one attached hydrogen (secondary N) is 2. The number of carbonyl (C=O) groups is 2. The van der Waals surface area contributed by atoms with Crippen LogP contribution in [0.5, 0.6) is 0 Å². The summed E-state index contributed by atoms with van der Waals surface area (Å²) in [6.07, 6.45) is 2.47. The van der Waals surface area contributed by atoms with Crippen LogP contribution in [0.4, 0.5) is 4.79 Å². The highest BCUT2D eigenvalue weighted by Gasteiger charge is 2.30. The Morgan fingerprint density at radius 1 is 1.18 bits per heavy atom. The number of hydrogen-bond acceptors (Lipinski definition) is 5. The van der Waals surface area contributed by atoms with Gasteiger partial charge in [-0.25, -0.2) is 4.79 Å². The molecule has 2 aromatic rings. The highest BCUT2D eigenvalue weighted by Crippen LogP contribution is 2.30. The molecule has 22 heavy (non-hydrogen) atoms. The maximum Gasteiger partial charge on any atom is 0.322 e. The van der Waals surface area contributed by atoms with Gasteiger partial charge >= 0.3 is 6.03 Å². The second-order valence-corrected chi connectivity index (χ2v) is 5.63. The van der Waals surface area contributed by atoms with Gasteiger partial charge in [0, 0.05) is 5.56 Å². The zero-order valence-corrected chi connectivity index (χ0v) is 11.7. The molecule has 1 saturated carbocycles. The molecule has 4 rings (SSSR count). The van der Waals surface area contributed by atoms with Crippen molar-refractivity contribution in [2.24, 2.45) is 5.92 Å². The van der Waals surface area contributed by atoms with Crippen molar-refractivity contribution in [1.82, 2.24) is 30.8 Å². The molecule has 1 atom stereocenters. The lowest BCUT2D eigenvalue weighted by Crippen LogP contribution is -2.22. The molecule has 1 aliphatic heterocycles. The first kappa shape index (κ1) is 12.9. The molecular formula is C14H14N6O2. The maximum absolute atomic E-state index is 11.6. The first-order valence-corrected chi connectivity index (χ1v) is 7.18. The van der Waals surface area contributed by atoms with Gasteiger partial charge in [0.1, 0.15) is 6.04 Å². The number of imide groups is 1. The highest BCUT2D eigenvalue weighted by molar-refractivity contribution is 6.04. The number of rotatable bonds is 4. The van der Waals surface area contributed by atoms with E-state index in [1.54, 1.807) is 16.9 Å². The molecule has 1 saturated heterocycles. The lowest BCUT2D eigenvalue weighted by atomic mass is 10.0. The monoisotopic (exact) mass is 298 g/mol. The summed E-state index contributed by atoms with van der Waals surface area (Å²) in [6.45, 7) is 0.819. The minimum absolute atomic E-state index is 0.341. The van der Waals surface area contributed by atoms with Crippen molar-refractivity contribution in [3.05, 3.63) is 29.8 Å². The summed E-state index contributed by atoms with van der Waals surface area (Å²) < 4.78 is 0. The number of benzene rings is 1. The van der Waals surface area contributed by atoms with E-state index in [-0.39, 0.29) is 5.91 Å². The van der Waals surface area contributed by atoms with Crippen LogP contribution in [-0.2, 0) is 11.3 Å². The van der Waals surface area contributed by atoms with E-state index in [4.69, 9.17) is 0 Å². The molecule has 8 nitrogen and oxygen atoms in total. The number of hydrogen-bond donors (Lipinski definition) is 2. The predicted molar refractivity (Wildman–Crippen MR) is 75.4 cm³/mol. The van der Waals surface area contributed by atoms with Gasteiger partial charge in [-0.15, -0.1) is 10.2 Å². The van der Waals surface area contributed by atoms with Gasteiger partial charge in [-0.05, 0) is 29.5 Å². The summed E-state index contributed by atoms with van der Waals surface area (Å²) in [6, 6.07) is 6.11. The average molecular weight is 298 g/mol. The fourth-order valence-corrected chi connectivity index (χ4v) is 2.44. The van der Waals surface area contributed by atoms with Crippen LogP contribution >= 0.6 is 0 Å². The fourth-order valence-electron chi connectivity index (χ4n) is 2.44. The first-order chi connectivity index (χ1) is 10.7. The quantitative estimate of drug-likeness (QED) is 0.806. The third-order valence-electron chi connectivity index (χ3n) is 3.85.